The first-order valence-corrected chi connectivity index (χ1v) is 7.97. The number of methoxy groups -OCH3 is 1. The summed E-state index contributed by atoms with van der Waals surface area (Å²) in [4.78, 5) is 11.9. The molecule has 2 rings (SSSR count). The fourth-order valence-corrected chi connectivity index (χ4v) is 2.19. The third kappa shape index (κ3) is 5.56. The second-order valence-corrected chi connectivity index (χ2v) is 5.25. The van der Waals surface area contributed by atoms with Crippen molar-refractivity contribution in [1.82, 2.24) is 5.32 Å². The Morgan fingerprint density at radius 3 is 2.50 bits per heavy atom. The van der Waals surface area contributed by atoms with Crippen molar-refractivity contribution in [2.45, 2.75) is 20.1 Å². The summed E-state index contributed by atoms with van der Waals surface area (Å²) in [7, 11) is 1.61. The van der Waals surface area contributed by atoms with Crippen LogP contribution in [0.3, 0.4) is 0 Å². The molecule has 0 spiro atoms. The summed E-state index contributed by atoms with van der Waals surface area (Å²) in [6.45, 7) is 3.79. The van der Waals surface area contributed by atoms with Crippen LogP contribution in [0.1, 0.15) is 23.6 Å². The van der Waals surface area contributed by atoms with Gasteiger partial charge in [0.1, 0.15) is 5.75 Å². The lowest BCUT2D eigenvalue weighted by Gasteiger charge is -2.06. The van der Waals surface area contributed by atoms with Crippen molar-refractivity contribution in [2.75, 3.05) is 13.7 Å². The van der Waals surface area contributed by atoms with Crippen LogP contribution in [0.25, 0.3) is 6.08 Å². The number of amides is 1. The highest BCUT2D eigenvalue weighted by atomic mass is 16.5. The van der Waals surface area contributed by atoms with Gasteiger partial charge < -0.3 is 14.8 Å². The molecule has 0 heterocycles. The molecule has 0 saturated carbocycles. The largest absolute Gasteiger partial charge is 0.496 e. The van der Waals surface area contributed by atoms with E-state index < -0.39 is 0 Å². The smallest absolute Gasteiger partial charge is 0.244 e. The monoisotopic (exact) mass is 325 g/mol. The van der Waals surface area contributed by atoms with Crippen molar-refractivity contribution in [3.63, 3.8) is 0 Å². The number of ether oxygens (including phenoxy) is 2. The van der Waals surface area contributed by atoms with Crippen LogP contribution in [0.15, 0.2) is 54.6 Å². The Morgan fingerprint density at radius 2 is 1.79 bits per heavy atom. The van der Waals surface area contributed by atoms with Gasteiger partial charge in [0.05, 0.1) is 13.7 Å². The molecule has 0 unspecified atom stereocenters. The Morgan fingerprint density at radius 1 is 1.08 bits per heavy atom. The number of hydrogen-bond acceptors (Lipinski definition) is 3. The minimum Gasteiger partial charge on any atom is -0.496 e. The van der Waals surface area contributed by atoms with Crippen molar-refractivity contribution in [1.29, 1.82) is 0 Å². The Hall–Kier alpha value is -2.59. The van der Waals surface area contributed by atoms with Crippen molar-refractivity contribution < 1.29 is 14.3 Å². The van der Waals surface area contributed by atoms with Gasteiger partial charge in [-0.05, 0) is 30.2 Å². The zero-order valence-electron chi connectivity index (χ0n) is 14.1. The number of carbonyl (C=O) groups is 1. The molecule has 1 N–H and O–H groups in total. The highest BCUT2D eigenvalue weighted by molar-refractivity contribution is 5.92. The molecule has 1 amide bonds. The maximum absolute atomic E-state index is 11.9. The molecule has 0 fully saturated rings. The minimum absolute atomic E-state index is 0.140. The molecule has 2 aromatic carbocycles. The molecular weight excluding hydrogens is 302 g/mol. The van der Waals surface area contributed by atoms with Crippen LogP contribution in [-0.2, 0) is 22.7 Å². The summed E-state index contributed by atoms with van der Waals surface area (Å²) in [5.41, 5.74) is 3.05. The first kappa shape index (κ1) is 17.8. The lowest BCUT2D eigenvalue weighted by Crippen LogP contribution is -2.20. The minimum atomic E-state index is -0.140. The molecule has 2 aromatic rings. The van der Waals surface area contributed by atoms with Crippen LogP contribution in [0, 0.1) is 0 Å². The Bertz CT molecular complexity index is 678. The summed E-state index contributed by atoms with van der Waals surface area (Å²) in [5, 5.41) is 2.87. The van der Waals surface area contributed by atoms with Gasteiger partial charge in [-0.15, -0.1) is 0 Å². The molecule has 4 heteroatoms. The van der Waals surface area contributed by atoms with Crippen LogP contribution in [0.5, 0.6) is 5.75 Å². The van der Waals surface area contributed by atoms with Gasteiger partial charge in [-0.2, -0.15) is 0 Å². The van der Waals surface area contributed by atoms with Gasteiger partial charge in [-0.3, -0.25) is 4.79 Å². The van der Waals surface area contributed by atoms with E-state index in [0.717, 1.165) is 22.4 Å². The Kier molecular flexibility index (Phi) is 7.05. The van der Waals surface area contributed by atoms with Gasteiger partial charge in [0.15, 0.2) is 0 Å². The van der Waals surface area contributed by atoms with E-state index in [1.165, 1.54) is 6.08 Å². The lowest BCUT2D eigenvalue weighted by molar-refractivity contribution is -0.116. The normalized spacial score (nSPS) is 10.8. The second-order valence-electron chi connectivity index (χ2n) is 5.25. The third-order valence-electron chi connectivity index (χ3n) is 3.52. The quantitative estimate of drug-likeness (QED) is 0.755. The van der Waals surface area contributed by atoms with Gasteiger partial charge in [-0.1, -0.05) is 42.5 Å². The van der Waals surface area contributed by atoms with Crippen molar-refractivity contribution in [2.24, 2.45) is 0 Å². The molecule has 0 aromatic heterocycles. The molecule has 0 radical (unpaired) electrons. The van der Waals surface area contributed by atoms with E-state index in [1.54, 1.807) is 13.2 Å². The second kappa shape index (κ2) is 9.53. The van der Waals surface area contributed by atoms with Crippen molar-refractivity contribution in [3.8, 4) is 5.75 Å². The summed E-state index contributed by atoms with van der Waals surface area (Å²) in [6.07, 6.45) is 3.26. The molecular formula is C20H23NO3. The van der Waals surface area contributed by atoms with Crippen molar-refractivity contribution in [3.05, 3.63) is 71.3 Å². The Labute approximate surface area is 143 Å². The molecule has 0 aliphatic carbocycles. The van der Waals surface area contributed by atoms with Crippen LogP contribution in [0.2, 0.25) is 0 Å². The predicted molar refractivity (Wildman–Crippen MR) is 95.6 cm³/mol. The average molecular weight is 325 g/mol. The van der Waals surface area contributed by atoms with E-state index in [4.69, 9.17) is 9.47 Å². The van der Waals surface area contributed by atoms with E-state index in [-0.39, 0.29) is 5.91 Å². The summed E-state index contributed by atoms with van der Waals surface area (Å²) < 4.78 is 10.6. The Balaban J connectivity index is 1.85. The van der Waals surface area contributed by atoms with E-state index in [2.05, 4.69) is 5.32 Å². The number of benzene rings is 2. The summed E-state index contributed by atoms with van der Waals surface area (Å²) >= 11 is 0. The molecule has 126 valence electrons. The number of carbonyl (C=O) groups excluding carboxylic acids is 1. The number of hydrogen-bond donors (Lipinski definition) is 1. The van der Waals surface area contributed by atoms with Crippen molar-refractivity contribution >= 4 is 12.0 Å². The molecule has 0 saturated heterocycles. The number of rotatable bonds is 8. The maximum atomic E-state index is 11.9. The number of para-hydroxylation sites is 1. The van der Waals surface area contributed by atoms with Gasteiger partial charge in [0, 0.05) is 24.8 Å². The first-order chi connectivity index (χ1) is 11.7. The van der Waals surface area contributed by atoms with E-state index in [1.807, 2.05) is 55.5 Å². The predicted octanol–water partition coefficient (Wildman–Crippen LogP) is 3.56. The van der Waals surface area contributed by atoms with Gasteiger partial charge in [0.2, 0.25) is 5.91 Å². The molecule has 24 heavy (non-hydrogen) atoms. The molecule has 4 nitrogen and oxygen atoms in total. The zero-order chi connectivity index (χ0) is 17.2. The fourth-order valence-electron chi connectivity index (χ4n) is 2.19. The average Bonchev–Trinajstić information content (AvgIpc) is 2.64. The van der Waals surface area contributed by atoms with Crippen LogP contribution in [0.4, 0.5) is 0 Å². The van der Waals surface area contributed by atoms with Crippen LogP contribution in [-0.4, -0.2) is 19.6 Å². The van der Waals surface area contributed by atoms with Gasteiger partial charge in [-0.25, -0.2) is 0 Å². The molecule has 0 bridgehead atoms. The lowest BCUT2D eigenvalue weighted by atomic mass is 10.1. The van der Waals surface area contributed by atoms with Gasteiger partial charge in [0.25, 0.3) is 0 Å². The standard InChI is InChI=1S/C20H23NO3/c1-3-24-15-17-10-8-16(9-11-17)14-21-20(22)13-12-18-6-4-5-7-19(18)23-2/h4-13H,3,14-15H2,1-2H3,(H,21,22)/b13-12+. The van der Waals surface area contributed by atoms with Crippen LogP contribution < -0.4 is 10.1 Å². The van der Waals surface area contributed by atoms with E-state index >= 15 is 0 Å². The first-order valence-electron chi connectivity index (χ1n) is 7.97. The highest BCUT2D eigenvalue weighted by Crippen LogP contribution is 2.18. The molecule has 0 aliphatic rings. The third-order valence-corrected chi connectivity index (χ3v) is 3.52. The SMILES string of the molecule is CCOCc1ccc(CNC(=O)/C=C/c2ccccc2OC)cc1. The van der Waals surface area contributed by atoms with Gasteiger partial charge >= 0.3 is 0 Å². The zero-order valence-corrected chi connectivity index (χ0v) is 14.1. The van der Waals surface area contributed by atoms with Crippen LogP contribution >= 0.6 is 0 Å². The summed E-state index contributed by atoms with van der Waals surface area (Å²) in [6, 6.07) is 15.6. The maximum Gasteiger partial charge on any atom is 0.244 e. The molecule has 0 aliphatic heterocycles. The number of nitrogens with one attached hydrogen (secondary N) is 1. The summed E-state index contributed by atoms with van der Waals surface area (Å²) in [5.74, 6) is 0.603. The van der Waals surface area contributed by atoms with E-state index in [0.29, 0.717) is 19.8 Å². The highest BCUT2D eigenvalue weighted by Gasteiger charge is 2.00. The van der Waals surface area contributed by atoms with E-state index in [9.17, 15) is 4.79 Å². The molecule has 0 atom stereocenters. The fraction of sp³-hybridized carbons (Fsp3) is 0.250. The topological polar surface area (TPSA) is 47.6 Å².